The Morgan fingerprint density at radius 2 is 1.61 bits per heavy atom. The predicted molar refractivity (Wildman–Crippen MR) is 101 cm³/mol. The van der Waals surface area contributed by atoms with Crippen molar-refractivity contribution in [3.05, 3.63) is 65.7 Å². The van der Waals surface area contributed by atoms with Crippen LogP contribution in [0.4, 0.5) is 4.39 Å². The minimum Gasteiger partial charge on any atom is -0.493 e. The molecule has 3 rings (SSSR count). The number of hydrogen-bond donors (Lipinski definition) is 1. The maximum absolute atomic E-state index is 13.0. The van der Waals surface area contributed by atoms with Crippen molar-refractivity contribution in [2.75, 3.05) is 21.3 Å². The molecule has 0 unspecified atom stereocenters. The smallest absolute Gasteiger partial charge is 0.287 e. The van der Waals surface area contributed by atoms with Crippen molar-refractivity contribution in [2.45, 2.75) is 6.54 Å². The van der Waals surface area contributed by atoms with Gasteiger partial charge in [-0.15, -0.1) is 0 Å². The number of hydrogen-bond acceptors (Lipinski definition) is 5. The van der Waals surface area contributed by atoms with Gasteiger partial charge in [-0.2, -0.15) is 0 Å². The lowest BCUT2D eigenvalue weighted by Gasteiger charge is -2.14. The van der Waals surface area contributed by atoms with Gasteiger partial charge in [0, 0.05) is 12.1 Å². The predicted octanol–water partition coefficient (Wildman–Crippen LogP) is 4.04. The van der Waals surface area contributed by atoms with Gasteiger partial charge >= 0.3 is 0 Å². The molecular weight excluding hydrogens is 365 g/mol. The summed E-state index contributed by atoms with van der Waals surface area (Å²) in [5, 5.41) is 2.78. The van der Waals surface area contributed by atoms with E-state index in [2.05, 4.69) is 5.32 Å². The van der Waals surface area contributed by atoms with E-state index in [1.165, 1.54) is 33.5 Å². The molecule has 1 heterocycles. The molecule has 1 N–H and O–H groups in total. The molecule has 6 nitrogen and oxygen atoms in total. The molecule has 7 heteroatoms. The molecule has 0 spiro atoms. The number of ether oxygens (including phenoxy) is 3. The van der Waals surface area contributed by atoms with E-state index in [0.717, 1.165) is 5.56 Å². The van der Waals surface area contributed by atoms with Crippen LogP contribution in [0.5, 0.6) is 17.2 Å². The van der Waals surface area contributed by atoms with Crippen molar-refractivity contribution in [1.82, 2.24) is 5.32 Å². The molecule has 0 saturated heterocycles. The van der Waals surface area contributed by atoms with Crippen molar-refractivity contribution >= 4 is 5.91 Å². The van der Waals surface area contributed by atoms with Gasteiger partial charge in [0.25, 0.3) is 5.91 Å². The SMILES string of the molecule is COc1cc(CNC(=O)c2ccc(-c3ccc(F)cc3)o2)cc(OC)c1OC. The summed E-state index contributed by atoms with van der Waals surface area (Å²) in [4.78, 5) is 12.4. The quantitative estimate of drug-likeness (QED) is 0.665. The highest BCUT2D eigenvalue weighted by molar-refractivity contribution is 5.92. The lowest BCUT2D eigenvalue weighted by Crippen LogP contribution is -2.22. The summed E-state index contributed by atoms with van der Waals surface area (Å²) < 4.78 is 34.5. The van der Waals surface area contributed by atoms with Crippen molar-refractivity contribution in [1.29, 1.82) is 0 Å². The average Bonchev–Trinajstić information content (AvgIpc) is 3.21. The Bertz CT molecular complexity index is 940. The summed E-state index contributed by atoms with van der Waals surface area (Å²) in [6, 6.07) is 12.6. The number of nitrogens with one attached hydrogen (secondary N) is 1. The highest BCUT2D eigenvalue weighted by Gasteiger charge is 2.15. The molecule has 0 bridgehead atoms. The zero-order valence-electron chi connectivity index (χ0n) is 15.7. The van der Waals surface area contributed by atoms with Gasteiger partial charge in [0.2, 0.25) is 5.75 Å². The van der Waals surface area contributed by atoms with Gasteiger partial charge in [0.15, 0.2) is 17.3 Å². The van der Waals surface area contributed by atoms with E-state index in [1.807, 2.05) is 0 Å². The van der Waals surface area contributed by atoms with E-state index >= 15 is 0 Å². The van der Waals surface area contributed by atoms with Crippen LogP contribution < -0.4 is 19.5 Å². The van der Waals surface area contributed by atoms with Gasteiger partial charge in [0.05, 0.1) is 21.3 Å². The van der Waals surface area contributed by atoms with Crippen molar-refractivity contribution in [3.63, 3.8) is 0 Å². The minimum atomic E-state index is -0.373. The fraction of sp³-hybridized carbons (Fsp3) is 0.190. The molecule has 0 aliphatic rings. The van der Waals surface area contributed by atoms with Crippen LogP contribution >= 0.6 is 0 Å². The largest absolute Gasteiger partial charge is 0.493 e. The maximum atomic E-state index is 13.0. The van der Waals surface area contributed by atoms with Crippen LogP contribution in [0.25, 0.3) is 11.3 Å². The first-order chi connectivity index (χ1) is 13.5. The second-order valence-corrected chi connectivity index (χ2v) is 5.89. The third kappa shape index (κ3) is 4.09. The van der Waals surface area contributed by atoms with Crippen LogP contribution in [-0.2, 0) is 6.54 Å². The molecule has 2 aromatic carbocycles. The molecule has 0 saturated carbocycles. The van der Waals surface area contributed by atoms with E-state index in [-0.39, 0.29) is 24.0 Å². The molecule has 1 aromatic heterocycles. The lowest BCUT2D eigenvalue weighted by molar-refractivity contribution is 0.0924. The molecule has 28 heavy (non-hydrogen) atoms. The first-order valence-electron chi connectivity index (χ1n) is 8.48. The zero-order valence-corrected chi connectivity index (χ0v) is 15.7. The standard InChI is InChI=1S/C21H20FNO5/c1-25-18-10-13(11-19(26-2)20(18)27-3)12-23-21(24)17-9-8-16(28-17)14-4-6-15(22)7-5-14/h4-11H,12H2,1-3H3,(H,23,24). The van der Waals surface area contributed by atoms with Crippen LogP contribution in [0.2, 0.25) is 0 Å². The highest BCUT2D eigenvalue weighted by Crippen LogP contribution is 2.38. The topological polar surface area (TPSA) is 69.9 Å². The molecule has 0 fully saturated rings. The summed E-state index contributed by atoms with van der Waals surface area (Å²) in [6.07, 6.45) is 0. The van der Waals surface area contributed by atoms with Crippen molar-refractivity contribution in [2.24, 2.45) is 0 Å². The molecule has 0 atom stereocenters. The molecule has 146 valence electrons. The van der Waals surface area contributed by atoms with E-state index in [0.29, 0.717) is 28.6 Å². The second kappa shape index (κ2) is 8.47. The number of amides is 1. The molecule has 0 aliphatic carbocycles. The fourth-order valence-corrected chi connectivity index (χ4v) is 2.74. The molecule has 0 radical (unpaired) electrons. The van der Waals surface area contributed by atoms with Crippen LogP contribution in [0, 0.1) is 5.82 Å². The minimum absolute atomic E-state index is 0.159. The Hall–Kier alpha value is -3.48. The van der Waals surface area contributed by atoms with Crippen molar-refractivity contribution < 1.29 is 27.8 Å². The van der Waals surface area contributed by atoms with E-state index in [9.17, 15) is 9.18 Å². The van der Waals surface area contributed by atoms with Crippen LogP contribution in [0.1, 0.15) is 16.1 Å². The highest BCUT2D eigenvalue weighted by atomic mass is 19.1. The Balaban J connectivity index is 1.71. The second-order valence-electron chi connectivity index (χ2n) is 5.89. The summed E-state index contributed by atoms with van der Waals surface area (Å²) >= 11 is 0. The van der Waals surface area contributed by atoms with Crippen LogP contribution in [0.15, 0.2) is 52.9 Å². The first kappa shape index (κ1) is 19.3. The number of methoxy groups -OCH3 is 3. The van der Waals surface area contributed by atoms with Crippen LogP contribution in [0.3, 0.4) is 0 Å². The number of rotatable bonds is 7. The maximum Gasteiger partial charge on any atom is 0.287 e. The summed E-state index contributed by atoms with van der Waals surface area (Å²) in [6.45, 7) is 0.238. The van der Waals surface area contributed by atoms with E-state index < -0.39 is 0 Å². The Morgan fingerprint density at radius 3 is 2.18 bits per heavy atom. The average molecular weight is 385 g/mol. The number of carbonyl (C=O) groups is 1. The fourth-order valence-electron chi connectivity index (χ4n) is 2.74. The number of carbonyl (C=O) groups excluding carboxylic acids is 1. The molecule has 1 amide bonds. The van der Waals surface area contributed by atoms with E-state index in [1.54, 1.807) is 36.4 Å². The van der Waals surface area contributed by atoms with Crippen molar-refractivity contribution in [3.8, 4) is 28.6 Å². The number of benzene rings is 2. The third-order valence-electron chi connectivity index (χ3n) is 4.14. The molecular formula is C21H20FNO5. The van der Waals surface area contributed by atoms with E-state index in [4.69, 9.17) is 18.6 Å². The lowest BCUT2D eigenvalue weighted by atomic mass is 10.1. The van der Waals surface area contributed by atoms with Gasteiger partial charge in [0.1, 0.15) is 11.6 Å². The van der Waals surface area contributed by atoms with Gasteiger partial charge in [-0.1, -0.05) is 0 Å². The monoisotopic (exact) mass is 385 g/mol. The number of furan rings is 1. The van der Waals surface area contributed by atoms with Crippen LogP contribution in [-0.4, -0.2) is 27.2 Å². The molecule has 3 aromatic rings. The van der Waals surface area contributed by atoms with Gasteiger partial charge in [-0.3, -0.25) is 4.79 Å². The third-order valence-corrected chi connectivity index (χ3v) is 4.14. The molecule has 0 aliphatic heterocycles. The van der Waals surface area contributed by atoms with Gasteiger partial charge in [-0.05, 0) is 54.1 Å². The number of halogens is 1. The summed E-state index contributed by atoms with van der Waals surface area (Å²) in [5.41, 5.74) is 1.46. The Labute approximate surface area is 161 Å². The van der Waals surface area contributed by atoms with Gasteiger partial charge < -0.3 is 23.9 Å². The Kier molecular flexibility index (Phi) is 5.84. The first-order valence-corrected chi connectivity index (χ1v) is 8.48. The Morgan fingerprint density at radius 1 is 0.964 bits per heavy atom. The normalized spacial score (nSPS) is 10.4. The van der Waals surface area contributed by atoms with Gasteiger partial charge in [-0.25, -0.2) is 4.39 Å². The summed E-state index contributed by atoms with van der Waals surface area (Å²) in [5.74, 6) is 1.42. The summed E-state index contributed by atoms with van der Waals surface area (Å²) in [7, 11) is 4.58. The zero-order chi connectivity index (χ0) is 20.1.